The fourth-order valence-corrected chi connectivity index (χ4v) is 2.79. The van der Waals surface area contributed by atoms with Crippen LogP contribution in [-0.2, 0) is 0 Å². The summed E-state index contributed by atoms with van der Waals surface area (Å²) in [6, 6.07) is 7.51. The molecule has 1 aromatic heterocycles. The van der Waals surface area contributed by atoms with Crippen LogP contribution in [0.3, 0.4) is 0 Å². The fraction of sp³-hybridized carbons (Fsp3) is 0.400. The van der Waals surface area contributed by atoms with Crippen molar-refractivity contribution in [3.05, 3.63) is 40.8 Å². The van der Waals surface area contributed by atoms with Gasteiger partial charge in [-0.15, -0.1) is 0 Å². The molecule has 0 aliphatic heterocycles. The molecule has 2 atom stereocenters. The minimum Gasteiger partial charge on any atom is -0.490 e. The first-order valence-electron chi connectivity index (χ1n) is 6.74. The van der Waals surface area contributed by atoms with Crippen molar-refractivity contribution in [3.63, 3.8) is 0 Å². The van der Waals surface area contributed by atoms with E-state index in [2.05, 4.69) is 4.98 Å². The molecule has 19 heavy (non-hydrogen) atoms. The van der Waals surface area contributed by atoms with Gasteiger partial charge >= 0.3 is 0 Å². The first-order valence-corrected chi connectivity index (χ1v) is 6.74. The van der Waals surface area contributed by atoms with E-state index in [1.807, 2.05) is 24.3 Å². The summed E-state index contributed by atoms with van der Waals surface area (Å²) in [5.74, 6) is 1.43. The van der Waals surface area contributed by atoms with Gasteiger partial charge in [-0.1, -0.05) is 0 Å². The third kappa shape index (κ3) is 2.49. The van der Waals surface area contributed by atoms with E-state index in [1.165, 1.54) is 0 Å². The van der Waals surface area contributed by atoms with E-state index >= 15 is 0 Å². The third-order valence-corrected chi connectivity index (χ3v) is 3.87. The van der Waals surface area contributed by atoms with Crippen LogP contribution in [0.25, 0.3) is 10.8 Å². The molecule has 0 unspecified atom stereocenters. The third-order valence-electron chi connectivity index (χ3n) is 3.87. The van der Waals surface area contributed by atoms with Crippen LogP contribution in [0, 0.1) is 5.92 Å². The molecule has 1 heterocycles. The van der Waals surface area contributed by atoms with Gasteiger partial charge in [-0.05, 0) is 61.4 Å². The fourth-order valence-electron chi connectivity index (χ4n) is 2.79. The molecule has 1 fully saturated rings. The molecular weight excluding hydrogens is 240 g/mol. The highest BCUT2D eigenvalue weighted by Gasteiger charge is 2.24. The van der Waals surface area contributed by atoms with Crippen molar-refractivity contribution in [2.45, 2.75) is 25.4 Å². The Labute approximate surface area is 111 Å². The van der Waals surface area contributed by atoms with Crippen molar-refractivity contribution in [2.24, 2.45) is 11.7 Å². The number of nitrogens with one attached hydrogen (secondary N) is 1. The van der Waals surface area contributed by atoms with Crippen molar-refractivity contribution >= 4 is 10.8 Å². The maximum absolute atomic E-state index is 11.6. The number of aromatic nitrogens is 1. The highest BCUT2D eigenvalue weighted by Crippen LogP contribution is 2.29. The van der Waals surface area contributed by atoms with Gasteiger partial charge in [-0.2, -0.15) is 0 Å². The molecule has 0 bridgehead atoms. The summed E-state index contributed by atoms with van der Waals surface area (Å²) in [5.41, 5.74) is 5.62. The molecule has 4 nitrogen and oxygen atoms in total. The van der Waals surface area contributed by atoms with Crippen molar-refractivity contribution in [3.8, 4) is 5.75 Å². The van der Waals surface area contributed by atoms with Gasteiger partial charge in [0, 0.05) is 11.6 Å². The van der Waals surface area contributed by atoms with Crippen LogP contribution in [-0.4, -0.2) is 17.6 Å². The zero-order valence-corrected chi connectivity index (χ0v) is 10.8. The molecule has 2 aromatic rings. The Hall–Kier alpha value is -1.81. The predicted molar refractivity (Wildman–Crippen MR) is 75.4 cm³/mol. The Balaban J connectivity index is 1.81. The number of rotatable bonds is 3. The van der Waals surface area contributed by atoms with Crippen LogP contribution >= 0.6 is 0 Å². The number of benzene rings is 1. The lowest BCUT2D eigenvalue weighted by atomic mass is 10.1. The number of hydrogen-bond donors (Lipinski definition) is 2. The van der Waals surface area contributed by atoms with Gasteiger partial charge in [0.05, 0.1) is 6.10 Å². The number of hydrogen-bond acceptors (Lipinski definition) is 3. The standard InChI is InChI=1S/C15H18N2O2/c16-9-10-1-2-12(7-10)19-13-3-4-14-11(8-13)5-6-17-15(14)18/h3-6,8,10,12H,1-2,7,9,16H2,(H,17,18)/t10-,12-/m1/s1. The monoisotopic (exact) mass is 258 g/mol. The van der Waals surface area contributed by atoms with Crippen molar-refractivity contribution in [1.29, 1.82) is 0 Å². The first-order chi connectivity index (χ1) is 9.26. The summed E-state index contributed by atoms with van der Waals surface area (Å²) in [6.07, 6.45) is 5.16. The number of aromatic amines is 1. The molecule has 0 saturated heterocycles. The highest BCUT2D eigenvalue weighted by atomic mass is 16.5. The molecular formula is C15H18N2O2. The van der Waals surface area contributed by atoms with E-state index in [-0.39, 0.29) is 11.7 Å². The van der Waals surface area contributed by atoms with Crippen molar-refractivity contribution < 1.29 is 4.74 Å². The van der Waals surface area contributed by atoms with Gasteiger partial charge in [0.2, 0.25) is 0 Å². The molecule has 1 aliphatic rings. The van der Waals surface area contributed by atoms with Crippen LogP contribution in [0.4, 0.5) is 0 Å². The molecule has 0 spiro atoms. The molecule has 3 N–H and O–H groups in total. The summed E-state index contributed by atoms with van der Waals surface area (Å²) < 4.78 is 5.99. The van der Waals surface area contributed by atoms with E-state index < -0.39 is 0 Å². The molecule has 100 valence electrons. The summed E-state index contributed by atoms with van der Waals surface area (Å²) in [5, 5.41) is 1.61. The lowest BCUT2D eigenvalue weighted by Gasteiger charge is -2.14. The Morgan fingerprint density at radius 1 is 1.32 bits per heavy atom. The predicted octanol–water partition coefficient (Wildman–Crippen LogP) is 2.03. The van der Waals surface area contributed by atoms with Gasteiger partial charge in [0.1, 0.15) is 5.75 Å². The van der Waals surface area contributed by atoms with E-state index in [4.69, 9.17) is 10.5 Å². The van der Waals surface area contributed by atoms with Crippen LogP contribution in [0.2, 0.25) is 0 Å². The summed E-state index contributed by atoms with van der Waals surface area (Å²) >= 11 is 0. The Kier molecular flexibility index (Phi) is 3.25. The molecule has 0 amide bonds. The molecule has 1 saturated carbocycles. The highest BCUT2D eigenvalue weighted by molar-refractivity contribution is 5.82. The molecule has 3 rings (SSSR count). The largest absolute Gasteiger partial charge is 0.490 e. The number of nitrogens with two attached hydrogens (primary N) is 1. The first kappa shape index (κ1) is 12.2. The molecule has 0 radical (unpaired) electrons. The van der Waals surface area contributed by atoms with Gasteiger partial charge in [-0.3, -0.25) is 4.79 Å². The Morgan fingerprint density at radius 3 is 3.00 bits per heavy atom. The summed E-state index contributed by atoms with van der Waals surface area (Å²) in [7, 11) is 0. The van der Waals surface area contributed by atoms with E-state index in [0.29, 0.717) is 11.3 Å². The zero-order valence-electron chi connectivity index (χ0n) is 10.8. The Morgan fingerprint density at radius 2 is 2.21 bits per heavy atom. The van der Waals surface area contributed by atoms with Gasteiger partial charge < -0.3 is 15.5 Å². The lowest BCUT2D eigenvalue weighted by Crippen LogP contribution is -2.15. The average molecular weight is 258 g/mol. The number of fused-ring (bicyclic) bond motifs is 1. The zero-order chi connectivity index (χ0) is 13.2. The minimum absolute atomic E-state index is 0.0619. The number of H-pyrrole nitrogens is 1. The minimum atomic E-state index is -0.0619. The van der Waals surface area contributed by atoms with Crippen LogP contribution in [0.15, 0.2) is 35.3 Å². The van der Waals surface area contributed by atoms with Crippen molar-refractivity contribution in [2.75, 3.05) is 6.54 Å². The Bertz CT molecular complexity index is 635. The molecule has 1 aromatic carbocycles. The van der Waals surface area contributed by atoms with E-state index in [9.17, 15) is 4.79 Å². The van der Waals surface area contributed by atoms with Gasteiger partial charge in [0.15, 0.2) is 0 Å². The second-order valence-corrected chi connectivity index (χ2v) is 5.21. The summed E-state index contributed by atoms with van der Waals surface area (Å²) in [4.78, 5) is 14.3. The maximum Gasteiger partial charge on any atom is 0.255 e. The average Bonchev–Trinajstić information content (AvgIpc) is 2.86. The lowest BCUT2D eigenvalue weighted by molar-refractivity contribution is 0.205. The maximum atomic E-state index is 11.6. The topological polar surface area (TPSA) is 68.1 Å². The number of pyridine rings is 1. The number of ether oxygens (including phenoxy) is 1. The van der Waals surface area contributed by atoms with E-state index in [1.54, 1.807) is 6.20 Å². The van der Waals surface area contributed by atoms with Crippen LogP contribution in [0.5, 0.6) is 5.75 Å². The quantitative estimate of drug-likeness (QED) is 0.885. The molecule has 4 heteroatoms. The van der Waals surface area contributed by atoms with E-state index in [0.717, 1.165) is 36.9 Å². The van der Waals surface area contributed by atoms with Crippen molar-refractivity contribution in [1.82, 2.24) is 4.98 Å². The second-order valence-electron chi connectivity index (χ2n) is 5.21. The van der Waals surface area contributed by atoms with Crippen LogP contribution < -0.4 is 16.0 Å². The SMILES string of the molecule is NC[C@@H]1CC[C@@H](Oc2ccc3c(=O)[nH]ccc3c2)C1. The smallest absolute Gasteiger partial charge is 0.255 e. The van der Waals surface area contributed by atoms with Gasteiger partial charge in [0.25, 0.3) is 5.56 Å². The van der Waals surface area contributed by atoms with Gasteiger partial charge in [-0.25, -0.2) is 0 Å². The molecule has 1 aliphatic carbocycles. The summed E-state index contributed by atoms with van der Waals surface area (Å²) in [6.45, 7) is 0.743. The normalized spacial score (nSPS) is 22.8. The van der Waals surface area contributed by atoms with Crippen LogP contribution in [0.1, 0.15) is 19.3 Å². The second kappa shape index (κ2) is 5.05.